The molecule has 21 heavy (non-hydrogen) atoms. The van der Waals surface area contributed by atoms with Crippen molar-refractivity contribution in [3.05, 3.63) is 30.6 Å². The predicted octanol–water partition coefficient (Wildman–Crippen LogP) is 4.34. The molecule has 1 unspecified atom stereocenters. The van der Waals surface area contributed by atoms with Crippen molar-refractivity contribution in [3.8, 4) is 0 Å². The van der Waals surface area contributed by atoms with Crippen molar-refractivity contribution in [1.29, 1.82) is 0 Å². The van der Waals surface area contributed by atoms with Crippen LogP contribution in [0.4, 0.5) is 5.69 Å². The maximum atomic E-state index is 4.12. The second-order valence-electron chi connectivity index (χ2n) is 5.75. The average molecular weight is 302 g/mol. The van der Waals surface area contributed by atoms with Crippen molar-refractivity contribution in [2.24, 2.45) is 5.92 Å². The molecule has 0 aliphatic heterocycles. The van der Waals surface area contributed by atoms with Crippen molar-refractivity contribution in [2.75, 3.05) is 5.32 Å². The molecule has 1 aromatic carbocycles. The van der Waals surface area contributed by atoms with E-state index in [1.807, 2.05) is 0 Å². The molecule has 0 radical (unpaired) electrons. The highest BCUT2D eigenvalue weighted by molar-refractivity contribution is 7.99. The molecule has 4 nitrogen and oxygen atoms in total. The van der Waals surface area contributed by atoms with E-state index >= 15 is 0 Å². The summed E-state index contributed by atoms with van der Waals surface area (Å²) in [6, 6.07) is 9.11. The Hall–Kier alpha value is -1.49. The lowest BCUT2D eigenvalue weighted by atomic mass is 9.84. The minimum atomic E-state index is 0.554. The molecule has 3 rings (SSSR count). The Morgan fingerprint density at radius 3 is 2.62 bits per heavy atom. The molecule has 1 aliphatic carbocycles. The zero-order valence-electron chi connectivity index (χ0n) is 12.4. The monoisotopic (exact) mass is 302 g/mol. The quantitative estimate of drug-likeness (QED) is 0.863. The van der Waals surface area contributed by atoms with Gasteiger partial charge in [-0.2, -0.15) is 5.10 Å². The fourth-order valence-corrected chi connectivity index (χ4v) is 3.68. The molecule has 2 N–H and O–H groups in total. The van der Waals surface area contributed by atoms with Gasteiger partial charge >= 0.3 is 0 Å². The topological polar surface area (TPSA) is 53.6 Å². The van der Waals surface area contributed by atoms with Gasteiger partial charge in [-0.3, -0.25) is 5.10 Å². The van der Waals surface area contributed by atoms with Gasteiger partial charge in [-0.15, -0.1) is 0 Å². The van der Waals surface area contributed by atoms with Crippen LogP contribution < -0.4 is 5.32 Å². The molecule has 1 saturated carbocycles. The van der Waals surface area contributed by atoms with E-state index in [-0.39, 0.29) is 0 Å². The highest BCUT2D eigenvalue weighted by Crippen LogP contribution is 2.29. The summed E-state index contributed by atoms with van der Waals surface area (Å²) < 4.78 is 0. The predicted molar refractivity (Wildman–Crippen MR) is 86.6 cm³/mol. The van der Waals surface area contributed by atoms with E-state index in [4.69, 9.17) is 0 Å². The van der Waals surface area contributed by atoms with Crippen molar-refractivity contribution in [3.63, 3.8) is 0 Å². The van der Waals surface area contributed by atoms with E-state index in [0.29, 0.717) is 6.04 Å². The summed E-state index contributed by atoms with van der Waals surface area (Å²) in [4.78, 5) is 5.29. The number of rotatable bonds is 5. The number of nitrogens with one attached hydrogen (secondary N) is 2. The highest BCUT2D eigenvalue weighted by atomic mass is 32.2. The summed E-state index contributed by atoms with van der Waals surface area (Å²) in [5.41, 5.74) is 1.20. The van der Waals surface area contributed by atoms with Crippen molar-refractivity contribution in [1.82, 2.24) is 15.2 Å². The fourth-order valence-electron chi connectivity index (χ4n) is 2.99. The molecule has 2 aromatic rings. The summed E-state index contributed by atoms with van der Waals surface area (Å²) in [5.74, 6) is 0.821. The van der Waals surface area contributed by atoms with Crippen LogP contribution in [0.5, 0.6) is 0 Å². The van der Waals surface area contributed by atoms with Gasteiger partial charge in [-0.25, -0.2) is 4.98 Å². The van der Waals surface area contributed by atoms with Crippen LogP contribution in [0.25, 0.3) is 0 Å². The maximum Gasteiger partial charge on any atom is 0.188 e. The second-order valence-corrected chi connectivity index (χ2v) is 6.81. The van der Waals surface area contributed by atoms with Gasteiger partial charge in [0, 0.05) is 16.6 Å². The Morgan fingerprint density at radius 2 is 1.95 bits per heavy atom. The summed E-state index contributed by atoms with van der Waals surface area (Å²) in [6.45, 7) is 2.31. The number of anilines is 1. The Morgan fingerprint density at radius 1 is 1.19 bits per heavy atom. The van der Waals surface area contributed by atoms with Crippen LogP contribution in [0.3, 0.4) is 0 Å². The molecule has 1 atom stereocenters. The minimum Gasteiger partial charge on any atom is -0.382 e. The first-order chi connectivity index (χ1) is 10.3. The van der Waals surface area contributed by atoms with E-state index < -0.39 is 0 Å². The third-order valence-corrected chi connectivity index (χ3v) is 5.11. The average Bonchev–Trinajstić information content (AvgIpc) is 3.03. The molecule has 1 aromatic heterocycles. The third kappa shape index (κ3) is 4.00. The molecule has 0 saturated heterocycles. The van der Waals surface area contributed by atoms with E-state index in [2.05, 4.69) is 51.7 Å². The van der Waals surface area contributed by atoms with Gasteiger partial charge in [0.25, 0.3) is 0 Å². The van der Waals surface area contributed by atoms with Crippen LogP contribution in [0.2, 0.25) is 0 Å². The van der Waals surface area contributed by atoms with Crippen LogP contribution >= 0.6 is 11.8 Å². The largest absolute Gasteiger partial charge is 0.382 e. The molecule has 0 amide bonds. The zero-order valence-corrected chi connectivity index (χ0v) is 13.2. The lowest BCUT2D eigenvalue weighted by molar-refractivity contribution is 0.328. The smallest absolute Gasteiger partial charge is 0.188 e. The van der Waals surface area contributed by atoms with Crippen molar-refractivity contribution >= 4 is 17.4 Å². The fraction of sp³-hybridized carbons (Fsp3) is 0.500. The molecule has 0 spiro atoms. The molecule has 5 heteroatoms. The summed E-state index contributed by atoms with van der Waals surface area (Å²) in [5, 5.41) is 11.2. The first-order valence-corrected chi connectivity index (χ1v) is 8.53. The number of nitrogens with zero attached hydrogens (tertiary/aromatic N) is 2. The van der Waals surface area contributed by atoms with Gasteiger partial charge in [0.05, 0.1) is 0 Å². The maximum absolute atomic E-state index is 4.12. The SMILES string of the molecule is CC(Nc1ccc(Sc2ncn[nH]2)cc1)C1CCCCC1. The molecule has 112 valence electrons. The van der Waals surface area contributed by atoms with Gasteiger partial charge in [-0.1, -0.05) is 31.0 Å². The first-order valence-electron chi connectivity index (χ1n) is 7.71. The molecule has 1 fully saturated rings. The normalized spacial score (nSPS) is 17.6. The zero-order chi connectivity index (χ0) is 14.5. The molecule has 1 heterocycles. The van der Waals surface area contributed by atoms with Crippen LogP contribution in [0, 0.1) is 5.92 Å². The van der Waals surface area contributed by atoms with E-state index in [1.54, 1.807) is 11.8 Å². The number of aromatic nitrogens is 3. The second kappa shape index (κ2) is 6.98. The molecular formula is C16H22N4S. The van der Waals surface area contributed by atoms with Crippen LogP contribution in [0.15, 0.2) is 40.6 Å². The molecule has 1 aliphatic rings. The van der Waals surface area contributed by atoms with Gasteiger partial charge in [0.15, 0.2) is 5.16 Å². The van der Waals surface area contributed by atoms with E-state index in [9.17, 15) is 0 Å². The van der Waals surface area contributed by atoms with E-state index in [0.717, 1.165) is 11.1 Å². The summed E-state index contributed by atoms with van der Waals surface area (Å²) >= 11 is 1.59. The molecular weight excluding hydrogens is 280 g/mol. The Bertz CT molecular complexity index is 532. The van der Waals surface area contributed by atoms with Crippen molar-refractivity contribution in [2.45, 2.75) is 55.1 Å². The Labute approximate surface area is 130 Å². The number of aromatic amines is 1. The summed E-state index contributed by atoms with van der Waals surface area (Å²) in [7, 11) is 0. The van der Waals surface area contributed by atoms with Crippen molar-refractivity contribution < 1.29 is 0 Å². The van der Waals surface area contributed by atoms with Crippen LogP contribution in [-0.2, 0) is 0 Å². The highest BCUT2D eigenvalue weighted by Gasteiger charge is 2.19. The Kier molecular flexibility index (Phi) is 4.80. The van der Waals surface area contributed by atoms with E-state index in [1.165, 1.54) is 49.0 Å². The summed E-state index contributed by atoms with van der Waals surface area (Å²) in [6.07, 6.45) is 8.47. The lowest BCUT2D eigenvalue weighted by Crippen LogP contribution is -2.27. The molecule has 0 bridgehead atoms. The lowest BCUT2D eigenvalue weighted by Gasteiger charge is -2.29. The van der Waals surface area contributed by atoms with Gasteiger partial charge in [-0.05, 0) is 49.9 Å². The standard InChI is InChI=1S/C16H22N4S/c1-12(13-5-3-2-4-6-13)19-14-7-9-15(10-8-14)21-16-17-11-18-20-16/h7-13,19H,2-6H2,1H3,(H,17,18,20). The number of H-pyrrole nitrogens is 1. The third-order valence-electron chi connectivity index (χ3n) is 4.21. The number of hydrogen-bond donors (Lipinski definition) is 2. The first kappa shape index (κ1) is 14.4. The minimum absolute atomic E-state index is 0.554. The number of hydrogen-bond acceptors (Lipinski definition) is 4. The van der Waals surface area contributed by atoms with Crippen LogP contribution in [0.1, 0.15) is 39.0 Å². The number of benzene rings is 1. The van der Waals surface area contributed by atoms with Gasteiger partial charge in [0.2, 0.25) is 0 Å². The van der Waals surface area contributed by atoms with Gasteiger partial charge in [0.1, 0.15) is 6.33 Å². The Balaban J connectivity index is 1.56. The van der Waals surface area contributed by atoms with Gasteiger partial charge < -0.3 is 5.32 Å². The van der Waals surface area contributed by atoms with Crippen LogP contribution in [-0.4, -0.2) is 21.2 Å².